The Balaban J connectivity index is 2.08. The molecule has 0 aliphatic heterocycles. The van der Waals surface area contributed by atoms with E-state index in [4.69, 9.17) is 9.15 Å². The molecule has 1 heterocycles. The van der Waals surface area contributed by atoms with Gasteiger partial charge in [-0.15, -0.1) is 0 Å². The third kappa shape index (κ3) is 2.42. The van der Waals surface area contributed by atoms with Gasteiger partial charge in [0.25, 0.3) is 0 Å². The number of hydrogen-bond acceptors (Lipinski definition) is 4. The molecule has 3 rings (SSSR count). The zero-order valence-corrected chi connectivity index (χ0v) is 15.3. The first-order chi connectivity index (χ1) is 11.3. The van der Waals surface area contributed by atoms with Gasteiger partial charge in [-0.2, -0.15) is 0 Å². The highest BCUT2D eigenvalue weighted by Gasteiger charge is 2.57. The fourth-order valence-electron chi connectivity index (χ4n) is 4.41. The number of ether oxygens (including phenoxy) is 1. The second kappa shape index (κ2) is 6.05. The number of fused-ring (bicyclic) bond motifs is 2. The van der Waals surface area contributed by atoms with E-state index in [0.29, 0.717) is 18.8 Å². The normalized spacial score (nSPS) is 33.5. The van der Waals surface area contributed by atoms with Gasteiger partial charge in [0.15, 0.2) is 0 Å². The topological polar surface area (TPSA) is 56.5 Å². The van der Waals surface area contributed by atoms with Crippen molar-refractivity contribution >= 4 is 11.8 Å². The van der Waals surface area contributed by atoms with E-state index >= 15 is 0 Å². The number of carbonyl (C=O) groups excluding carboxylic acids is 2. The standard InChI is InChI=1S/C20H28O4/c1-6-11(2)19(22)24-18-17-12(3)10-23-16(17)9-14-15(21)8-7-13(4)20(14,18)5/h10-11,13-14,18H,6-9H2,1-5H3/t11?,13-,14-,18+,20+/m0/s1. The van der Waals surface area contributed by atoms with Gasteiger partial charge in [0, 0.05) is 29.7 Å². The molecule has 0 spiro atoms. The molecule has 2 aliphatic rings. The number of furan rings is 1. The van der Waals surface area contributed by atoms with E-state index in [1.165, 1.54) is 0 Å². The summed E-state index contributed by atoms with van der Waals surface area (Å²) in [6, 6.07) is 0. The van der Waals surface area contributed by atoms with Crippen LogP contribution in [0.5, 0.6) is 0 Å². The van der Waals surface area contributed by atoms with Crippen molar-refractivity contribution in [2.45, 2.75) is 66.4 Å². The summed E-state index contributed by atoms with van der Waals surface area (Å²) in [5, 5.41) is 0. The minimum absolute atomic E-state index is 0.131. The Morgan fingerprint density at radius 1 is 1.50 bits per heavy atom. The van der Waals surface area contributed by atoms with Gasteiger partial charge in [-0.25, -0.2) is 0 Å². The number of hydrogen-bond donors (Lipinski definition) is 0. The molecule has 0 saturated heterocycles. The number of rotatable bonds is 3. The van der Waals surface area contributed by atoms with Crippen molar-refractivity contribution in [3.8, 4) is 0 Å². The van der Waals surface area contributed by atoms with Gasteiger partial charge in [0.05, 0.1) is 12.2 Å². The van der Waals surface area contributed by atoms with Gasteiger partial charge in [-0.1, -0.05) is 27.7 Å². The van der Waals surface area contributed by atoms with E-state index in [0.717, 1.165) is 29.7 Å². The monoisotopic (exact) mass is 332 g/mol. The molecular formula is C20H28O4. The van der Waals surface area contributed by atoms with Crippen molar-refractivity contribution in [2.75, 3.05) is 0 Å². The van der Waals surface area contributed by atoms with E-state index in [-0.39, 0.29) is 29.0 Å². The smallest absolute Gasteiger partial charge is 0.309 e. The molecule has 132 valence electrons. The number of ketones is 1. The molecule has 24 heavy (non-hydrogen) atoms. The largest absolute Gasteiger partial charge is 0.469 e. The molecule has 0 amide bonds. The van der Waals surface area contributed by atoms with E-state index < -0.39 is 6.10 Å². The lowest BCUT2D eigenvalue weighted by Gasteiger charge is -2.51. The molecule has 1 aromatic heterocycles. The van der Waals surface area contributed by atoms with Gasteiger partial charge in [0.1, 0.15) is 17.6 Å². The molecule has 2 aliphatic carbocycles. The number of Topliss-reactive ketones (excluding diaryl/α,β-unsaturated/α-hetero) is 1. The van der Waals surface area contributed by atoms with Crippen LogP contribution < -0.4 is 0 Å². The average molecular weight is 332 g/mol. The summed E-state index contributed by atoms with van der Waals surface area (Å²) in [5.74, 6) is 0.964. The van der Waals surface area contributed by atoms with Crippen LogP contribution in [0.4, 0.5) is 0 Å². The van der Waals surface area contributed by atoms with Crippen LogP contribution >= 0.6 is 0 Å². The van der Waals surface area contributed by atoms with Gasteiger partial charge in [-0.3, -0.25) is 9.59 Å². The minimum Gasteiger partial charge on any atom is -0.469 e. The number of aryl methyl sites for hydroxylation is 1. The lowest BCUT2D eigenvalue weighted by molar-refractivity contribution is -0.176. The highest BCUT2D eigenvalue weighted by atomic mass is 16.5. The third-order valence-corrected chi connectivity index (χ3v) is 6.59. The summed E-state index contributed by atoms with van der Waals surface area (Å²) in [7, 11) is 0. The molecular weight excluding hydrogens is 304 g/mol. The summed E-state index contributed by atoms with van der Waals surface area (Å²) < 4.78 is 11.8. The molecule has 1 saturated carbocycles. The molecule has 0 bridgehead atoms. The van der Waals surface area contributed by atoms with Crippen molar-refractivity contribution in [3.05, 3.63) is 23.2 Å². The van der Waals surface area contributed by atoms with Crippen molar-refractivity contribution in [1.29, 1.82) is 0 Å². The van der Waals surface area contributed by atoms with Crippen LogP contribution in [0.2, 0.25) is 0 Å². The first kappa shape index (κ1) is 17.2. The van der Waals surface area contributed by atoms with Gasteiger partial charge < -0.3 is 9.15 Å². The van der Waals surface area contributed by atoms with E-state index in [1.54, 1.807) is 6.26 Å². The van der Waals surface area contributed by atoms with Crippen LogP contribution in [0.25, 0.3) is 0 Å². The maximum Gasteiger partial charge on any atom is 0.309 e. The predicted octanol–water partition coefficient (Wildman–Crippen LogP) is 4.40. The second-order valence-corrected chi connectivity index (χ2v) is 7.91. The molecule has 0 radical (unpaired) electrons. The maximum absolute atomic E-state index is 12.6. The van der Waals surface area contributed by atoms with Crippen LogP contribution in [-0.2, 0) is 20.7 Å². The molecule has 1 aromatic rings. The quantitative estimate of drug-likeness (QED) is 0.770. The maximum atomic E-state index is 12.6. The Morgan fingerprint density at radius 2 is 2.21 bits per heavy atom. The van der Waals surface area contributed by atoms with E-state index in [2.05, 4.69) is 13.8 Å². The molecule has 4 nitrogen and oxygen atoms in total. The molecule has 4 heteroatoms. The van der Waals surface area contributed by atoms with Gasteiger partial charge >= 0.3 is 5.97 Å². The van der Waals surface area contributed by atoms with Crippen molar-refractivity contribution in [1.82, 2.24) is 0 Å². The lowest BCUT2D eigenvalue weighted by Crippen LogP contribution is -2.51. The lowest BCUT2D eigenvalue weighted by atomic mass is 9.53. The Morgan fingerprint density at radius 3 is 2.88 bits per heavy atom. The summed E-state index contributed by atoms with van der Waals surface area (Å²) in [6.07, 6.45) is 4.17. The Labute approximate surface area is 143 Å². The van der Waals surface area contributed by atoms with Crippen LogP contribution in [0.15, 0.2) is 10.7 Å². The van der Waals surface area contributed by atoms with Crippen LogP contribution in [0.1, 0.15) is 69.9 Å². The van der Waals surface area contributed by atoms with Crippen LogP contribution in [-0.4, -0.2) is 11.8 Å². The predicted molar refractivity (Wildman–Crippen MR) is 90.4 cm³/mol. The molecule has 5 atom stereocenters. The molecule has 0 aromatic carbocycles. The van der Waals surface area contributed by atoms with Crippen LogP contribution in [0.3, 0.4) is 0 Å². The van der Waals surface area contributed by atoms with Crippen molar-refractivity contribution in [2.24, 2.45) is 23.2 Å². The zero-order valence-electron chi connectivity index (χ0n) is 15.3. The second-order valence-electron chi connectivity index (χ2n) is 7.91. The molecule has 0 N–H and O–H groups in total. The Hall–Kier alpha value is -1.58. The highest BCUT2D eigenvalue weighted by molar-refractivity contribution is 5.84. The molecule has 1 fully saturated rings. The highest BCUT2D eigenvalue weighted by Crippen LogP contribution is 2.58. The van der Waals surface area contributed by atoms with Crippen molar-refractivity contribution in [3.63, 3.8) is 0 Å². The SMILES string of the molecule is CCC(C)C(=O)O[C@@H]1c2c(C)coc2C[C@H]2C(=O)CC[C@H](C)[C@@]12C. The van der Waals surface area contributed by atoms with Crippen molar-refractivity contribution < 1.29 is 18.7 Å². The fourth-order valence-corrected chi connectivity index (χ4v) is 4.41. The summed E-state index contributed by atoms with van der Waals surface area (Å²) >= 11 is 0. The zero-order chi connectivity index (χ0) is 17.6. The summed E-state index contributed by atoms with van der Waals surface area (Å²) in [6.45, 7) is 10.2. The van der Waals surface area contributed by atoms with Gasteiger partial charge in [0.2, 0.25) is 0 Å². The summed E-state index contributed by atoms with van der Waals surface area (Å²) in [5.41, 5.74) is 1.64. The van der Waals surface area contributed by atoms with Crippen LogP contribution in [0, 0.1) is 30.1 Å². The number of carbonyl (C=O) groups is 2. The minimum atomic E-state index is -0.397. The van der Waals surface area contributed by atoms with E-state index in [9.17, 15) is 9.59 Å². The first-order valence-electron chi connectivity index (χ1n) is 9.10. The fraction of sp³-hybridized carbons (Fsp3) is 0.700. The molecule has 1 unspecified atom stereocenters. The Kier molecular flexibility index (Phi) is 4.35. The third-order valence-electron chi connectivity index (χ3n) is 6.59. The van der Waals surface area contributed by atoms with E-state index in [1.807, 2.05) is 20.8 Å². The van der Waals surface area contributed by atoms with Gasteiger partial charge in [-0.05, 0) is 31.2 Å². The summed E-state index contributed by atoms with van der Waals surface area (Å²) in [4.78, 5) is 25.2. The number of esters is 1. The average Bonchev–Trinajstić information content (AvgIpc) is 2.93. The Bertz CT molecular complexity index is 659. The first-order valence-corrected chi connectivity index (χ1v) is 9.10.